The van der Waals surface area contributed by atoms with E-state index in [2.05, 4.69) is 15.3 Å². The van der Waals surface area contributed by atoms with Gasteiger partial charge in [-0.15, -0.1) is 0 Å². The van der Waals surface area contributed by atoms with E-state index >= 15 is 0 Å². The van der Waals surface area contributed by atoms with E-state index in [-0.39, 0.29) is 5.60 Å². The van der Waals surface area contributed by atoms with Crippen molar-refractivity contribution >= 4 is 5.82 Å². The van der Waals surface area contributed by atoms with Crippen LogP contribution in [-0.2, 0) is 9.47 Å². The van der Waals surface area contributed by atoms with Gasteiger partial charge in [-0.2, -0.15) is 0 Å². The van der Waals surface area contributed by atoms with Gasteiger partial charge in [0.1, 0.15) is 12.1 Å². The molecule has 0 aliphatic carbocycles. The normalized spacial score (nSPS) is 18.9. The van der Waals surface area contributed by atoms with Crippen LogP contribution < -0.4 is 5.32 Å². The molecule has 1 aromatic rings. The van der Waals surface area contributed by atoms with Crippen molar-refractivity contribution in [2.45, 2.75) is 25.4 Å². The van der Waals surface area contributed by atoms with Crippen molar-refractivity contribution in [1.82, 2.24) is 9.97 Å². The molecule has 0 unspecified atom stereocenters. The predicted molar refractivity (Wildman–Crippen MR) is 65.1 cm³/mol. The largest absolute Gasteiger partial charge is 0.381 e. The van der Waals surface area contributed by atoms with E-state index in [1.807, 2.05) is 13.0 Å². The molecule has 0 aromatic carbocycles. The number of aromatic nitrogens is 2. The van der Waals surface area contributed by atoms with Crippen LogP contribution >= 0.6 is 0 Å². The first-order chi connectivity index (χ1) is 8.24. The molecule has 5 heteroatoms. The third kappa shape index (κ3) is 3.14. The fourth-order valence-electron chi connectivity index (χ4n) is 2.00. The van der Waals surface area contributed by atoms with E-state index in [1.165, 1.54) is 0 Å². The molecule has 1 fully saturated rings. The van der Waals surface area contributed by atoms with Gasteiger partial charge in [0.2, 0.25) is 0 Å². The Kier molecular flexibility index (Phi) is 3.91. The van der Waals surface area contributed by atoms with Crippen LogP contribution in [0.4, 0.5) is 5.82 Å². The average molecular weight is 237 g/mol. The van der Waals surface area contributed by atoms with Crippen molar-refractivity contribution in [2.24, 2.45) is 0 Å². The fraction of sp³-hybridized carbons (Fsp3) is 0.667. The van der Waals surface area contributed by atoms with E-state index < -0.39 is 0 Å². The third-order valence-corrected chi connectivity index (χ3v) is 3.23. The number of methoxy groups -OCH3 is 1. The molecule has 0 radical (unpaired) electrons. The Bertz CT molecular complexity index is 365. The second-order valence-electron chi connectivity index (χ2n) is 4.40. The first-order valence-electron chi connectivity index (χ1n) is 5.89. The zero-order chi connectivity index (χ0) is 12.1. The highest BCUT2D eigenvalue weighted by atomic mass is 16.5. The first-order valence-corrected chi connectivity index (χ1v) is 5.89. The molecule has 0 bridgehead atoms. The van der Waals surface area contributed by atoms with Crippen molar-refractivity contribution in [1.29, 1.82) is 0 Å². The topological polar surface area (TPSA) is 56.3 Å². The van der Waals surface area contributed by atoms with Crippen LogP contribution in [0.3, 0.4) is 0 Å². The summed E-state index contributed by atoms with van der Waals surface area (Å²) in [6.45, 7) is 4.23. The summed E-state index contributed by atoms with van der Waals surface area (Å²) in [4.78, 5) is 8.25. The molecule has 17 heavy (non-hydrogen) atoms. The van der Waals surface area contributed by atoms with Crippen molar-refractivity contribution in [3.8, 4) is 0 Å². The number of rotatable bonds is 4. The Labute approximate surface area is 102 Å². The molecule has 1 aliphatic heterocycles. The summed E-state index contributed by atoms with van der Waals surface area (Å²) in [5.41, 5.74) is 0.831. The summed E-state index contributed by atoms with van der Waals surface area (Å²) in [5, 5.41) is 3.32. The van der Waals surface area contributed by atoms with E-state index in [9.17, 15) is 0 Å². The maximum absolute atomic E-state index is 5.64. The number of ether oxygens (including phenoxy) is 2. The molecule has 2 heterocycles. The minimum atomic E-state index is -0.128. The van der Waals surface area contributed by atoms with Gasteiger partial charge in [0.05, 0.1) is 5.60 Å². The minimum Gasteiger partial charge on any atom is -0.381 e. The third-order valence-electron chi connectivity index (χ3n) is 3.23. The Balaban J connectivity index is 1.95. The number of aryl methyl sites for hydroxylation is 1. The number of anilines is 1. The van der Waals surface area contributed by atoms with Crippen LogP contribution in [0.2, 0.25) is 0 Å². The van der Waals surface area contributed by atoms with Crippen molar-refractivity contribution < 1.29 is 9.47 Å². The lowest BCUT2D eigenvalue weighted by Crippen LogP contribution is -2.44. The summed E-state index contributed by atoms with van der Waals surface area (Å²) in [7, 11) is 1.76. The van der Waals surface area contributed by atoms with Crippen LogP contribution in [0, 0.1) is 6.92 Å². The highest BCUT2D eigenvalue weighted by molar-refractivity contribution is 5.34. The Morgan fingerprint density at radius 1 is 1.41 bits per heavy atom. The molecule has 1 aromatic heterocycles. The number of hydrogen-bond donors (Lipinski definition) is 1. The number of nitrogens with zero attached hydrogens (tertiary/aromatic N) is 2. The van der Waals surface area contributed by atoms with Gasteiger partial charge in [0, 0.05) is 51.5 Å². The molecule has 1 N–H and O–H groups in total. The summed E-state index contributed by atoms with van der Waals surface area (Å²) < 4.78 is 11.0. The van der Waals surface area contributed by atoms with Gasteiger partial charge < -0.3 is 14.8 Å². The SMILES string of the molecule is COC1(CNc2cc(C)ncn2)CCOCC1. The van der Waals surface area contributed by atoms with Crippen molar-refractivity contribution in [2.75, 3.05) is 32.2 Å². The molecular weight excluding hydrogens is 218 g/mol. The maximum Gasteiger partial charge on any atom is 0.129 e. The van der Waals surface area contributed by atoms with Gasteiger partial charge in [0.25, 0.3) is 0 Å². The molecule has 0 amide bonds. The van der Waals surface area contributed by atoms with Crippen LogP contribution in [0.1, 0.15) is 18.5 Å². The van der Waals surface area contributed by atoms with Crippen LogP contribution in [0.25, 0.3) is 0 Å². The van der Waals surface area contributed by atoms with Gasteiger partial charge in [-0.05, 0) is 6.92 Å². The van der Waals surface area contributed by atoms with Gasteiger partial charge >= 0.3 is 0 Å². The molecule has 1 aliphatic rings. The van der Waals surface area contributed by atoms with Crippen LogP contribution in [0.15, 0.2) is 12.4 Å². The van der Waals surface area contributed by atoms with E-state index in [0.29, 0.717) is 0 Å². The monoisotopic (exact) mass is 237 g/mol. The molecule has 1 saturated heterocycles. The second kappa shape index (κ2) is 5.42. The molecule has 5 nitrogen and oxygen atoms in total. The molecule has 0 atom stereocenters. The predicted octanol–water partition coefficient (Wildman–Crippen LogP) is 1.39. The zero-order valence-electron chi connectivity index (χ0n) is 10.4. The molecule has 0 spiro atoms. The van der Waals surface area contributed by atoms with Gasteiger partial charge in [0.15, 0.2) is 0 Å². The second-order valence-corrected chi connectivity index (χ2v) is 4.40. The van der Waals surface area contributed by atoms with Gasteiger partial charge in [-0.3, -0.25) is 0 Å². The zero-order valence-corrected chi connectivity index (χ0v) is 10.4. The lowest BCUT2D eigenvalue weighted by molar-refractivity contribution is -0.0807. The number of nitrogens with one attached hydrogen (secondary N) is 1. The quantitative estimate of drug-likeness (QED) is 0.857. The smallest absolute Gasteiger partial charge is 0.129 e. The Morgan fingerprint density at radius 2 is 2.18 bits per heavy atom. The lowest BCUT2D eigenvalue weighted by atomic mass is 9.94. The van der Waals surface area contributed by atoms with Gasteiger partial charge in [-0.1, -0.05) is 0 Å². The highest BCUT2D eigenvalue weighted by Gasteiger charge is 2.32. The van der Waals surface area contributed by atoms with E-state index in [4.69, 9.17) is 9.47 Å². The summed E-state index contributed by atoms with van der Waals surface area (Å²) in [6, 6.07) is 1.93. The van der Waals surface area contributed by atoms with Crippen molar-refractivity contribution in [3.05, 3.63) is 18.1 Å². The molecule has 2 rings (SSSR count). The van der Waals surface area contributed by atoms with Crippen LogP contribution in [0.5, 0.6) is 0 Å². The average Bonchev–Trinajstić information content (AvgIpc) is 2.38. The van der Waals surface area contributed by atoms with Crippen LogP contribution in [-0.4, -0.2) is 42.4 Å². The minimum absolute atomic E-state index is 0.128. The molecule has 0 saturated carbocycles. The standard InChI is InChI=1S/C12H19N3O2/c1-10-7-11(15-9-14-10)13-8-12(16-2)3-5-17-6-4-12/h7,9H,3-6,8H2,1-2H3,(H,13,14,15). The lowest BCUT2D eigenvalue weighted by Gasteiger charge is -2.36. The molecular formula is C12H19N3O2. The van der Waals surface area contributed by atoms with E-state index in [0.717, 1.165) is 44.1 Å². The first kappa shape index (κ1) is 12.3. The fourth-order valence-corrected chi connectivity index (χ4v) is 2.00. The summed E-state index contributed by atoms with van der Waals surface area (Å²) >= 11 is 0. The van der Waals surface area contributed by atoms with Crippen molar-refractivity contribution in [3.63, 3.8) is 0 Å². The number of hydrogen-bond acceptors (Lipinski definition) is 5. The Morgan fingerprint density at radius 3 is 2.82 bits per heavy atom. The maximum atomic E-state index is 5.64. The Hall–Kier alpha value is -1.20. The van der Waals surface area contributed by atoms with Gasteiger partial charge in [-0.25, -0.2) is 9.97 Å². The summed E-state index contributed by atoms with van der Waals surface area (Å²) in [6.07, 6.45) is 3.41. The summed E-state index contributed by atoms with van der Waals surface area (Å²) in [5.74, 6) is 0.848. The molecule has 94 valence electrons. The highest BCUT2D eigenvalue weighted by Crippen LogP contribution is 2.24. The van der Waals surface area contributed by atoms with E-state index in [1.54, 1.807) is 13.4 Å².